The van der Waals surface area contributed by atoms with Crippen molar-refractivity contribution in [3.63, 3.8) is 0 Å². The third kappa shape index (κ3) is 21.9. The summed E-state index contributed by atoms with van der Waals surface area (Å²) < 4.78 is 33.7. The summed E-state index contributed by atoms with van der Waals surface area (Å²) in [4.78, 5) is 0.0118. The lowest BCUT2D eigenvalue weighted by Crippen LogP contribution is -2.00. The molecule has 0 saturated carbocycles. The topological polar surface area (TPSA) is 54.4 Å². The summed E-state index contributed by atoms with van der Waals surface area (Å²) in [5, 5.41) is 2.17. The van der Waals surface area contributed by atoms with Crippen molar-refractivity contribution in [3.05, 3.63) is 41.5 Å². The standard InChI is InChI=1S/C46H80O3S/c1-3-5-7-9-11-13-15-17-19-21-23-25-27-29-31-33-35-42-37-38-43(46-41-44(50(47,48)49)39-40-45(42)46)36-34-32-30-28-26-24-22-20-18-16-14-12-10-8-6-4-2/h37-41H,3-36H2,1-2H3,(H,47,48,49). The first-order valence-corrected chi connectivity index (χ1v) is 23.4. The molecular formula is C46H80O3S. The van der Waals surface area contributed by atoms with Crippen LogP contribution in [-0.4, -0.2) is 13.0 Å². The van der Waals surface area contributed by atoms with Crippen LogP contribution in [0.1, 0.15) is 230 Å². The van der Waals surface area contributed by atoms with Gasteiger partial charge in [0, 0.05) is 0 Å². The van der Waals surface area contributed by atoms with E-state index < -0.39 is 10.1 Å². The summed E-state index contributed by atoms with van der Waals surface area (Å²) in [6, 6.07) is 9.72. The average molecular weight is 713 g/mol. The van der Waals surface area contributed by atoms with Gasteiger partial charge in [0.1, 0.15) is 0 Å². The molecule has 0 spiro atoms. The molecule has 0 saturated heterocycles. The highest BCUT2D eigenvalue weighted by Crippen LogP contribution is 2.29. The van der Waals surface area contributed by atoms with E-state index in [0.717, 1.165) is 30.0 Å². The summed E-state index contributed by atoms with van der Waals surface area (Å²) in [6.07, 6.45) is 45.7. The van der Waals surface area contributed by atoms with Crippen LogP contribution in [0.2, 0.25) is 0 Å². The lowest BCUT2D eigenvalue weighted by Gasteiger charge is -2.13. The van der Waals surface area contributed by atoms with Gasteiger partial charge in [0.2, 0.25) is 0 Å². The molecule has 0 aliphatic rings. The van der Waals surface area contributed by atoms with Crippen LogP contribution in [0.5, 0.6) is 0 Å². The zero-order valence-corrected chi connectivity index (χ0v) is 33.9. The Kier molecular flexibility index (Phi) is 27.0. The molecule has 2 rings (SSSR count). The minimum absolute atomic E-state index is 0.0118. The largest absolute Gasteiger partial charge is 0.294 e. The van der Waals surface area contributed by atoms with Crippen molar-refractivity contribution in [3.8, 4) is 0 Å². The minimum Gasteiger partial charge on any atom is -0.282 e. The number of hydrogen-bond acceptors (Lipinski definition) is 2. The zero-order valence-electron chi connectivity index (χ0n) is 33.1. The predicted octanol–water partition coefficient (Wildman–Crippen LogP) is 15.7. The summed E-state index contributed by atoms with van der Waals surface area (Å²) in [5.74, 6) is 0. The number of hydrogen-bond donors (Lipinski definition) is 1. The fourth-order valence-electron chi connectivity index (χ4n) is 7.77. The van der Waals surface area contributed by atoms with Gasteiger partial charge in [0.15, 0.2) is 0 Å². The van der Waals surface area contributed by atoms with Crippen LogP contribution in [0.15, 0.2) is 35.2 Å². The molecular weight excluding hydrogens is 633 g/mol. The van der Waals surface area contributed by atoms with Gasteiger partial charge in [-0.05, 0) is 59.7 Å². The monoisotopic (exact) mass is 713 g/mol. The number of fused-ring (bicyclic) bond motifs is 1. The summed E-state index contributed by atoms with van der Waals surface area (Å²) in [5.41, 5.74) is 2.52. The smallest absolute Gasteiger partial charge is 0.282 e. The van der Waals surface area contributed by atoms with E-state index in [1.807, 2.05) is 6.07 Å². The maximum Gasteiger partial charge on any atom is 0.294 e. The van der Waals surface area contributed by atoms with E-state index in [9.17, 15) is 13.0 Å². The van der Waals surface area contributed by atoms with Gasteiger partial charge in [-0.2, -0.15) is 8.42 Å². The molecule has 0 aliphatic heterocycles. The Balaban J connectivity index is 1.62. The average Bonchev–Trinajstić information content (AvgIpc) is 3.11. The maximum atomic E-state index is 12.0. The lowest BCUT2D eigenvalue weighted by atomic mass is 9.93. The quantitative estimate of drug-likeness (QED) is 0.0572. The number of aryl methyl sites for hydroxylation is 2. The molecule has 0 fully saturated rings. The van der Waals surface area contributed by atoms with E-state index in [-0.39, 0.29) is 4.90 Å². The lowest BCUT2D eigenvalue weighted by molar-refractivity contribution is 0.483. The van der Waals surface area contributed by atoms with Crippen LogP contribution in [0.3, 0.4) is 0 Å². The Hall–Kier alpha value is -1.39. The van der Waals surface area contributed by atoms with E-state index in [1.165, 1.54) is 210 Å². The number of rotatable bonds is 35. The number of unbranched alkanes of at least 4 members (excludes halogenated alkanes) is 30. The van der Waals surface area contributed by atoms with Gasteiger partial charge < -0.3 is 0 Å². The first-order valence-electron chi connectivity index (χ1n) is 22.0. The SMILES string of the molecule is CCCCCCCCCCCCCCCCCCc1ccc(CCCCCCCCCCCCCCCCCC)c2cc(S(=O)(=O)O)ccc12. The normalized spacial score (nSPS) is 12.0. The number of benzene rings is 2. The van der Waals surface area contributed by atoms with Crippen molar-refractivity contribution in [2.45, 2.75) is 237 Å². The van der Waals surface area contributed by atoms with Crippen LogP contribution in [0, 0.1) is 0 Å². The molecule has 4 heteroatoms. The van der Waals surface area contributed by atoms with Gasteiger partial charge in [0.05, 0.1) is 4.90 Å². The Morgan fingerprint density at radius 2 is 0.660 bits per heavy atom. The summed E-state index contributed by atoms with van der Waals surface area (Å²) in [6.45, 7) is 4.57. The highest BCUT2D eigenvalue weighted by Gasteiger charge is 2.14. The second-order valence-corrected chi connectivity index (χ2v) is 17.1. The van der Waals surface area contributed by atoms with Gasteiger partial charge >= 0.3 is 0 Å². The van der Waals surface area contributed by atoms with Gasteiger partial charge in [0.25, 0.3) is 10.1 Å². The van der Waals surface area contributed by atoms with E-state index >= 15 is 0 Å². The van der Waals surface area contributed by atoms with Gasteiger partial charge in [-0.25, -0.2) is 0 Å². The van der Waals surface area contributed by atoms with Crippen LogP contribution in [0.25, 0.3) is 10.8 Å². The zero-order chi connectivity index (χ0) is 36.0. The van der Waals surface area contributed by atoms with Crippen LogP contribution >= 0.6 is 0 Å². The second-order valence-electron chi connectivity index (χ2n) is 15.7. The van der Waals surface area contributed by atoms with Crippen LogP contribution in [-0.2, 0) is 23.0 Å². The van der Waals surface area contributed by atoms with E-state index in [1.54, 1.807) is 12.1 Å². The van der Waals surface area contributed by atoms with E-state index in [0.29, 0.717) is 0 Å². The van der Waals surface area contributed by atoms with Crippen molar-refractivity contribution >= 4 is 20.9 Å². The molecule has 0 aromatic heterocycles. The van der Waals surface area contributed by atoms with Crippen molar-refractivity contribution in [1.82, 2.24) is 0 Å². The van der Waals surface area contributed by atoms with Gasteiger partial charge in [-0.1, -0.05) is 225 Å². The van der Waals surface area contributed by atoms with E-state index in [2.05, 4.69) is 26.0 Å². The fourth-order valence-corrected chi connectivity index (χ4v) is 8.28. The third-order valence-corrected chi connectivity index (χ3v) is 11.9. The molecule has 0 aliphatic carbocycles. The highest BCUT2D eigenvalue weighted by molar-refractivity contribution is 7.85. The molecule has 0 heterocycles. The molecule has 0 atom stereocenters. The Labute approximate surface area is 311 Å². The first-order chi connectivity index (χ1) is 24.5. The molecule has 2 aromatic rings. The molecule has 3 nitrogen and oxygen atoms in total. The Morgan fingerprint density at radius 1 is 0.380 bits per heavy atom. The van der Waals surface area contributed by atoms with Gasteiger partial charge in [-0.3, -0.25) is 4.55 Å². The van der Waals surface area contributed by atoms with Crippen molar-refractivity contribution in [2.75, 3.05) is 0 Å². The molecule has 2 aromatic carbocycles. The second kappa shape index (κ2) is 30.1. The molecule has 1 N–H and O–H groups in total. The molecule has 0 unspecified atom stereocenters. The minimum atomic E-state index is -4.22. The highest BCUT2D eigenvalue weighted by atomic mass is 32.2. The van der Waals surface area contributed by atoms with Crippen molar-refractivity contribution in [2.24, 2.45) is 0 Å². The first kappa shape index (κ1) is 44.8. The van der Waals surface area contributed by atoms with Crippen molar-refractivity contribution < 1.29 is 13.0 Å². The summed E-state index contributed by atoms with van der Waals surface area (Å²) in [7, 11) is -4.22. The van der Waals surface area contributed by atoms with E-state index in [4.69, 9.17) is 0 Å². The molecule has 0 radical (unpaired) electrons. The molecule has 0 amide bonds. The Morgan fingerprint density at radius 3 is 0.960 bits per heavy atom. The fraction of sp³-hybridized carbons (Fsp3) is 0.783. The Bertz CT molecular complexity index is 1190. The third-order valence-electron chi connectivity index (χ3n) is 11.1. The molecule has 50 heavy (non-hydrogen) atoms. The summed E-state index contributed by atoms with van der Waals surface area (Å²) >= 11 is 0. The molecule has 0 bridgehead atoms. The predicted molar refractivity (Wildman–Crippen MR) is 220 cm³/mol. The molecule has 288 valence electrons. The van der Waals surface area contributed by atoms with Crippen LogP contribution < -0.4 is 0 Å². The van der Waals surface area contributed by atoms with Crippen LogP contribution in [0.4, 0.5) is 0 Å². The van der Waals surface area contributed by atoms with Gasteiger partial charge in [-0.15, -0.1) is 0 Å². The maximum absolute atomic E-state index is 12.0. The van der Waals surface area contributed by atoms with Crippen molar-refractivity contribution in [1.29, 1.82) is 0 Å².